The molecule has 4 aromatic rings. The van der Waals surface area contributed by atoms with E-state index in [1.165, 1.54) is 24.7 Å². The topological polar surface area (TPSA) is 97.1 Å². The number of aryl methyl sites for hydroxylation is 1. The fourth-order valence-corrected chi connectivity index (χ4v) is 3.67. The van der Waals surface area contributed by atoms with Crippen LogP contribution in [0.1, 0.15) is 23.0 Å². The second-order valence-electron chi connectivity index (χ2n) is 6.23. The number of hydrogen-bond acceptors (Lipinski definition) is 6. The Kier molecular flexibility index (Phi) is 4.62. The molecule has 0 atom stereocenters. The number of oxazole rings is 1. The number of nitrogens with zero attached hydrogens (tertiary/aromatic N) is 2. The van der Waals surface area contributed by atoms with Gasteiger partial charge in [0.15, 0.2) is 23.0 Å². The van der Waals surface area contributed by atoms with Crippen molar-refractivity contribution in [3.8, 4) is 11.3 Å². The molecule has 0 saturated heterocycles. The Bertz CT molecular complexity index is 1180. The van der Waals surface area contributed by atoms with Crippen LogP contribution in [-0.2, 0) is 4.79 Å². The minimum absolute atomic E-state index is 0.178. The molecule has 0 spiro atoms. The van der Waals surface area contributed by atoms with Gasteiger partial charge in [0, 0.05) is 18.2 Å². The van der Waals surface area contributed by atoms with E-state index >= 15 is 0 Å². The van der Waals surface area contributed by atoms with Crippen molar-refractivity contribution in [1.29, 1.82) is 0 Å². The number of aromatic nitrogens is 2. The van der Waals surface area contributed by atoms with Crippen LogP contribution in [-0.4, -0.2) is 21.8 Å². The van der Waals surface area contributed by atoms with E-state index in [2.05, 4.69) is 20.6 Å². The Labute approximate surface area is 164 Å². The summed E-state index contributed by atoms with van der Waals surface area (Å²) in [6, 6.07) is 13.0. The molecule has 2 heterocycles. The van der Waals surface area contributed by atoms with Crippen LogP contribution >= 0.6 is 11.3 Å². The Hall–Kier alpha value is -3.52. The number of rotatable bonds is 4. The zero-order valence-corrected chi connectivity index (χ0v) is 16.0. The van der Waals surface area contributed by atoms with Crippen molar-refractivity contribution in [1.82, 2.24) is 9.97 Å². The van der Waals surface area contributed by atoms with Crippen LogP contribution in [0.25, 0.3) is 21.5 Å². The van der Waals surface area contributed by atoms with E-state index in [0.29, 0.717) is 16.6 Å². The molecule has 2 amide bonds. The lowest BCUT2D eigenvalue weighted by atomic mass is 10.1. The molecule has 0 unspecified atom stereocenters. The van der Waals surface area contributed by atoms with Crippen molar-refractivity contribution in [2.24, 2.45) is 0 Å². The predicted molar refractivity (Wildman–Crippen MR) is 109 cm³/mol. The molecule has 0 saturated carbocycles. The monoisotopic (exact) mass is 392 g/mol. The zero-order chi connectivity index (χ0) is 19.7. The van der Waals surface area contributed by atoms with Gasteiger partial charge < -0.3 is 15.1 Å². The number of nitrogens with one attached hydrogen (secondary N) is 2. The molecule has 28 heavy (non-hydrogen) atoms. The van der Waals surface area contributed by atoms with E-state index in [1.54, 1.807) is 12.1 Å². The van der Waals surface area contributed by atoms with E-state index in [0.717, 1.165) is 21.3 Å². The van der Waals surface area contributed by atoms with Crippen molar-refractivity contribution in [3.63, 3.8) is 0 Å². The summed E-state index contributed by atoms with van der Waals surface area (Å²) in [4.78, 5) is 32.3. The van der Waals surface area contributed by atoms with Gasteiger partial charge in [0.25, 0.3) is 5.91 Å². The molecule has 4 rings (SSSR count). The zero-order valence-electron chi connectivity index (χ0n) is 15.1. The highest BCUT2D eigenvalue weighted by Gasteiger charge is 2.19. The summed E-state index contributed by atoms with van der Waals surface area (Å²) in [7, 11) is 0. The molecule has 140 valence electrons. The number of thiazole rings is 1. The molecular weight excluding hydrogens is 376 g/mol. The first-order valence-electron chi connectivity index (χ1n) is 8.49. The predicted octanol–water partition coefficient (Wildman–Crippen LogP) is 4.47. The van der Waals surface area contributed by atoms with E-state index in [1.807, 2.05) is 37.3 Å². The van der Waals surface area contributed by atoms with E-state index in [9.17, 15) is 9.59 Å². The van der Waals surface area contributed by atoms with Gasteiger partial charge in [0.05, 0.1) is 10.2 Å². The van der Waals surface area contributed by atoms with Crippen LogP contribution in [0.5, 0.6) is 0 Å². The van der Waals surface area contributed by atoms with Gasteiger partial charge in [0.2, 0.25) is 5.91 Å². The first-order valence-corrected chi connectivity index (χ1v) is 9.31. The third kappa shape index (κ3) is 3.63. The quantitative estimate of drug-likeness (QED) is 0.534. The van der Waals surface area contributed by atoms with Gasteiger partial charge in [-0.05, 0) is 25.1 Å². The fraction of sp³-hybridized carbons (Fsp3) is 0.100. The highest BCUT2D eigenvalue weighted by Crippen LogP contribution is 2.29. The second-order valence-corrected chi connectivity index (χ2v) is 7.26. The summed E-state index contributed by atoms with van der Waals surface area (Å²) in [5, 5.41) is 6.02. The first-order chi connectivity index (χ1) is 13.5. The van der Waals surface area contributed by atoms with E-state index in [-0.39, 0.29) is 17.5 Å². The van der Waals surface area contributed by atoms with Crippen molar-refractivity contribution in [2.45, 2.75) is 13.8 Å². The third-order valence-electron chi connectivity index (χ3n) is 4.03. The molecular formula is C20H16N4O3S. The Morgan fingerprint density at radius 3 is 2.61 bits per heavy atom. The average molecular weight is 392 g/mol. The lowest BCUT2D eigenvalue weighted by molar-refractivity contribution is -0.114. The van der Waals surface area contributed by atoms with Crippen LogP contribution < -0.4 is 10.6 Å². The summed E-state index contributed by atoms with van der Waals surface area (Å²) >= 11 is 1.34. The van der Waals surface area contributed by atoms with Crippen LogP contribution in [0.2, 0.25) is 0 Å². The smallest absolute Gasteiger partial charge is 0.278 e. The third-order valence-corrected chi connectivity index (χ3v) is 4.96. The van der Waals surface area contributed by atoms with Crippen molar-refractivity contribution < 1.29 is 14.0 Å². The summed E-state index contributed by atoms with van der Waals surface area (Å²) in [5.74, 6) is -0.123. The van der Waals surface area contributed by atoms with Crippen LogP contribution in [0, 0.1) is 6.92 Å². The van der Waals surface area contributed by atoms with Crippen molar-refractivity contribution in [3.05, 3.63) is 60.1 Å². The van der Waals surface area contributed by atoms with Crippen LogP contribution in [0.15, 0.2) is 53.3 Å². The normalized spacial score (nSPS) is 10.8. The molecule has 0 aliphatic carbocycles. The number of fused-ring (bicyclic) bond motifs is 1. The molecule has 2 N–H and O–H groups in total. The van der Waals surface area contributed by atoms with Gasteiger partial charge in [0.1, 0.15) is 0 Å². The van der Waals surface area contributed by atoms with Gasteiger partial charge in [-0.25, -0.2) is 9.97 Å². The van der Waals surface area contributed by atoms with Gasteiger partial charge in [-0.2, -0.15) is 0 Å². The Balaban J connectivity index is 1.58. The number of carbonyl (C=O) groups excluding carboxylic acids is 2. The summed E-state index contributed by atoms with van der Waals surface area (Å²) < 4.78 is 6.29. The highest BCUT2D eigenvalue weighted by atomic mass is 32.1. The molecule has 7 nitrogen and oxygen atoms in total. The van der Waals surface area contributed by atoms with Gasteiger partial charge >= 0.3 is 0 Å². The van der Waals surface area contributed by atoms with E-state index < -0.39 is 0 Å². The van der Waals surface area contributed by atoms with Crippen molar-refractivity contribution >= 4 is 44.2 Å². The summed E-state index contributed by atoms with van der Waals surface area (Å²) in [6.07, 6.45) is 1.26. The summed E-state index contributed by atoms with van der Waals surface area (Å²) in [5.41, 5.74) is 3.46. The maximum absolute atomic E-state index is 12.7. The van der Waals surface area contributed by atoms with Crippen LogP contribution in [0.4, 0.5) is 10.8 Å². The standard InChI is InChI=1S/C20H16N4O3S/c1-11-3-5-13(6-4-11)18-17(21-10-27-18)19(26)23-14-7-8-15-16(9-14)28-20(24-15)22-12(2)25/h3-10H,1-2H3,(H,23,26)(H,22,24,25). The second kappa shape index (κ2) is 7.24. The molecule has 0 fully saturated rings. The minimum atomic E-state index is -0.365. The van der Waals surface area contributed by atoms with E-state index in [4.69, 9.17) is 4.42 Å². The fourth-order valence-electron chi connectivity index (χ4n) is 2.71. The number of carbonyl (C=O) groups is 2. The Morgan fingerprint density at radius 2 is 1.86 bits per heavy atom. The maximum atomic E-state index is 12.7. The Morgan fingerprint density at radius 1 is 1.07 bits per heavy atom. The highest BCUT2D eigenvalue weighted by molar-refractivity contribution is 7.22. The molecule has 8 heteroatoms. The lowest BCUT2D eigenvalue weighted by Gasteiger charge is -2.05. The lowest BCUT2D eigenvalue weighted by Crippen LogP contribution is -2.13. The molecule has 0 aliphatic rings. The molecule has 0 radical (unpaired) electrons. The molecule has 2 aromatic carbocycles. The van der Waals surface area contributed by atoms with Gasteiger partial charge in [-0.3, -0.25) is 9.59 Å². The van der Waals surface area contributed by atoms with Gasteiger partial charge in [-0.15, -0.1) is 0 Å². The SMILES string of the molecule is CC(=O)Nc1nc2ccc(NC(=O)c3ncoc3-c3ccc(C)cc3)cc2s1. The van der Waals surface area contributed by atoms with Crippen molar-refractivity contribution in [2.75, 3.05) is 10.6 Å². The number of amides is 2. The maximum Gasteiger partial charge on any atom is 0.278 e. The van der Waals surface area contributed by atoms with Crippen LogP contribution in [0.3, 0.4) is 0 Å². The summed E-state index contributed by atoms with van der Waals surface area (Å²) in [6.45, 7) is 3.42. The minimum Gasteiger partial charge on any atom is -0.443 e. The average Bonchev–Trinajstić information content (AvgIpc) is 3.28. The number of hydrogen-bond donors (Lipinski definition) is 2. The first kappa shape index (κ1) is 17.9. The number of anilines is 2. The largest absolute Gasteiger partial charge is 0.443 e. The molecule has 0 bridgehead atoms. The number of benzene rings is 2. The molecule has 0 aliphatic heterocycles. The van der Waals surface area contributed by atoms with Gasteiger partial charge in [-0.1, -0.05) is 41.2 Å². The molecule has 2 aromatic heterocycles.